The normalized spacial score (nSPS) is 15.0. The van der Waals surface area contributed by atoms with Gasteiger partial charge in [-0.1, -0.05) is 30.3 Å². The van der Waals surface area contributed by atoms with E-state index in [0.29, 0.717) is 0 Å². The molecule has 1 aliphatic rings. The van der Waals surface area contributed by atoms with E-state index >= 15 is 0 Å². The first kappa shape index (κ1) is 15.6. The largest absolute Gasteiger partial charge is 0.481 e. The van der Waals surface area contributed by atoms with Gasteiger partial charge in [-0.15, -0.1) is 0 Å². The number of rotatable bonds is 3. The van der Waals surface area contributed by atoms with Crippen LogP contribution in [0.15, 0.2) is 42.5 Å². The number of fused-ring (bicyclic) bond motifs is 1. The number of amides is 1. The summed E-state index contributed by atoms with van der Waals surface area (Å²) in [5.41, 5.74) is 4.53. The topological polar surface area (TPSA) is 29.5 Å². The number of hydrogen-bond donors (Lipinski definition) is 0. The summed E-state index contributed by atoms with van der Waals surface area (Å²) < 4.78 is 5.96. The first-order valence-electron chi connectivity index (χ1n) is 8.20. The molecule has 2 aromatic rings. The Labute approximate surface area is 137 Å². The molecule has 3 rings (SSSR count). The lowest BCUT2D eigenvalue weighted by molar-refractivity contribution is -0.124. The van der Waals surface area contributed by atoms with Crippen molar-refractivity contribution in [1.29, 1.82) is 0 Å². The molecule has 0 fully saturated rings. The van der Waals surface area contributed by atoms with E-state index < -0.39 is 6.10 Å². The van der Waals surface area contributed by atoms with Crippen LogP contribution in [0, 0.1) is 13.8 Å². The van der Waals surface area contributed by atoms with E-state index in [0.717, 1.165) is 36.4 Å². The molecule has 1 aliphatic heterocycles. The summed E-state index contributed by atoms with van der Waals surface area (Å²) in [5.74, 6) is 0.814. The molecule has 0 N–H and O–H groups in total. The second-order valence-electron chi connectivity index (χ2n) is 6.18. The number of carbonyl (C=O) groups excluding carboxylic acids is 1. The van der Waals surface area contributed by atoms with Gasteiger partial charge in [-0.2, -0.15) is 0 Å². The molecular weight excluding hydrogens is 286 g/mol. The second kappa shape index (κ2) is 6.45. The van der Waals surface area contributed by atoms with Gasteiger partial charge in [-0.25, -0.2) is 0 Å². The van der Waals surface area contributed by atoms with Crippen LogP contribution in [-0.4, -0.2) is 18.6 Å². The average Bonchev–Trinajstić information content (AvgIpc) is 2.57. The number of hydrogen-bond acceptors (Lipinski definition) is 2. The number of carbonyl (C=O) groups is 1. The van der Waals surface area contributed by atoms with Gasteiger partial charge in [0.2, 0.25) is 0 Å². The highest BCUT2D eigenvalue weighted by Crippen LogP contribution is 2.28. The zero-order valence-electron chi connectivity index (χ0n) is 14.0. The maximum atomic E-state index is 12.9. The van der Waals surface area contributed by atoms with E-state index in [2.05, 4.69) is 19.1 Å². The van der Waals surface area contributed by atoms with Gasteiger partial charge in [0.1, 0.15) is 5.75 Å². The third kappa shape index (κ3) is 3.09. The Morgan fingerprint density at radius 1 is 1.13 bits per heavy atom. The molecule has 3 nitrogen and oxygen atoms in total. The van der Waals surface area contributed by atoms with E-state index in [1.165, 1.54) is 11.1 Å². The predicted molar refractivity (Wildman–Crippen MR) is 93.1 cm³/mol. The van der Waals surface area contributed by atoms with Crippen LogP contribution in [0.5, 0.6) is 5.75 Å². The van der Waals surface area contributed by atoms with Crippen molar-refractivity contribution < 1.29 is 9.53 Å². The number of anilines is 1. The molecule has 23 heavy (non-hydrogen) atoms. The van der Waals surface area contributed by atoms with Gasteiger partial charge in [0.25, 0.3) is 5.91 Å². The number of ether oxygens (including phenoxy) is 1. The van der Waals surface area contributed by atoms with E-state index in [9.17, 15) is 4.79 Å². The Morgan fingerprint density at radius 3 is 2.74 bits per heavy atom. The summed E-state index contributed by atoms with van der Waals surface area (Å²) in [6.07, 6.45) is 1.53. The Hall–Kier alpha value is -2.29. The molecule has 1 heterocycles. The molecule has 0 saturated heterocycles. The fraction of sp³-hybridized carbons (Fsp3) is 0.350. The highest BCUT2D eigenvalue weighted by atomic mass is 16.5. The van der Waals surface area contributed by atoms with Crippen LogP contribution in [0.1, 0.15) is 30.0 Å². The van der Waals surface area contributed by atoms with Crippen LogP contribution in [0.3, 0.4) is 0 Å². The summed E-state index contributed by atoms with van der Waals surface area (Å²) >= 11 is 0. The lowest BCUT2D eigenvalue weighted by atomic mass is 10.0. The van der Waals surface area contributed by atoms with Gasteiger partial charge in [-0.3, -0.25) is 4.79 Å². The minimum absolute atomic E-state index is 0.0260. The second-order valence-corrected chi connectivity index (χ2v) is 6.18. The molecule has 0 bridgehead atoms. The molecule has 0 unspecified atom stereocenters. The fourth-order valence-electron chi connectivity index (χ4n) is 3.07. The van der Waals surface area contributed by atoms with Crippen LogP contribution in [0.2, 0.25) is 0 Å². The number of nitrogens with zero attached hydrogens (tertiary/aromatic N) is 1. The third-order valence-corrected chi connectivity index (χ3v) is 4.58. The van der Waals surface area contributed by atoms with Gasteiger partial charge >= 0.3 is 0 Å². The maximum Gasteiger partial charge on any atom is 0.267 e. The van der Waals surface area contributed by atoms with Crippen molar-refractivity contribution in [3.8, 4) is 5.75 Å². The number of para-hydroxylation sites is 1. The van der Waals surface area contributed by atoms with Gasteiger partial charge < -0.3 is 9.64 Å². The van der Waals surface area contributed by atoms with Crippen molar-refractivity contribution in [2.24, 2.45) is 0 Å². The molecule has 0 saturated carbocycles. The molecule has 0 spiro atoms. The summed E-state index contributed by atoms with van der Waals surface area (Å²) in [4.78, 5) is 14.7. The average molecular weight is 309 g/mol. The van der Waals surface area contributed by atoms with E-state index in [1.54, 1.807) is 0 Å². The zero-order chi connectivity index (χ0) is 16.4. The van der Waals surface area contributed by atoms with Crippen molar-refractivity contribution >= 4 is 11.6 Å². The molecule has 2 aromatic carbocycles. The summed E-state index contributed by atoms with van der Waals surface area (Å²) in [6.45, 7) is 6.67. The van der Waals surface area contributed by atoms with Crippen molar-refractivity contribution in [2.75, 3.05) is 11.4 Å². The Bertz CT molecular complexity index is 723. The number of benzene rings is 2. The van der Waals surface area contributed by atoms with Crippen LogP contribution in [-0.2, 0) is 11.2 Å². The lowest BCUT2D eigenvalue weighted by Crippen LogP contribution is -2.43. The first-order chi connectivity index (χ1) is 11.1. The minimum Gasteiger partial charge on any atom is -0.481 e. The summed E-state index contributed by atoms with van der Waals surface area (Å²) in [7, 11) is 0. The maximum absolute atomic E-state index is 12.9. The monoisotopic (exact) mass is 309 g/mol. The molecular formula is C20H23NO2. The van der Waals surface area contributed by atoms with Crippen LogP contribution >= 0.6 is 0 Å². The summed E-state index contributed by atoms with van der Waals surface area (Å²) in [6, 6.07) is 14.1. The van der Waals surface area contributed by atoms with E-state index in [-0.39, 0.29) is 5.91 Å². The van der Waals surface area contributed by atoms with Crippen molar-refractivity contribution in [3.63, 3.8) is 0 Å². The first-order valence-corrected chi connectivity index (χ1v) is 8.20. The molecule has 1 atom stereocenters. The molecule has 0 radical (unpaired) electrons. The number of aryl methyl sites for hydroxylation is 2. The predicted octanol–water partition coefficient (Wildman–Crippen LogP) is 4.05. The zero-order valence-corrected chi connectivity index (χ0v) is 14.0. The molecule has 0 aliphatic carbocycles. The minimum atomic E-state index is -0.498. The third-order valence-electron chi connectivity index (χ3n) is 4.58. The Kier molecular flexibility index (Phi) is 4.37. The standard InChI is InChI=1S/C20H23NO2/c1-14-8-6-12-19(15(14)2)23-16(3)20(22)21-13-7-10-17-9-4-5-11-18(17)21/h4-6,8-9,11-12,16H,7,10,13H2,1-3H3/t16-/m1/s1. The van der Waals surface area contributed by atoms with Crippen LogP contribution in [0.4, 0.5) is 5.69 Å². The van der Waals surface area contributed by atoms with E-state index in [1.807, 2.05) is 49.1 Å². The van der Waals surface area contributed by atoms with E-state index in [4.69, 9.17) is 4.74 Å². The van der Waals surface area contributed by atoms with Gasteiger partial charge in [0.15, 0.2) is 6.10 Å². The quantitative estimate of drug-likeness (QED) is 0.856. The highest BCUT2D eigenvalue weighted by Gasteiger charge is 2.27. The molecule has 120 valence electrons. The SMILES string of the molecule is Cc1cccc(O[C@H](C)C(=O)N2CCCc3ccccc32)c1C. The molecule has 0 aromatic heterocycles. The van der Waals surface area contributed by atoms with Crippen molar-refractivity contribution in [1.82, 2.24) is 0 Å². The van der Waals surface area contributed by atoms with Crippen molar-refractivity contribution in [2.45, 2.75) is 39.7 Å². The fourth-order valence-corrected chi connectivity index (χ4v) is 3.07. The van der Waals surface area contributed by atoms with Gasteiger partial charge in [0, 0.05) is 12.2 Å². The van der Waals surface area contributed by atoms with Gasteiger partial charge in [-0.05, 0) is 62.4 Å². The molecule has 1 amide bonds. The molecule has 3 heteroatoms. The highest BCUT2D eigenvalue weighted by molar-refractivity contribution is 5.97. The van der Waals surface area contributed by atoms with Gasteiger partial charge in [0.05, 0.1) is 0 Å². The Balaban J connectivity index is 1.80. The van der Waals surface area contributed by atoms with Crippen molar-refractivity contribution in [3.05, 3.63) is 59.2 Å². The van der Waals surface area contributed by atoms with Crippen LogP contribution < -0.4 is 9.64 Å². The smallest absolute Gasteiger partial charge is 0.267 e. The van der Waals surface area contributed by atoms with Crippen LogP contribution in [0.25, 0.3) is 0 Å². The Morgan fingerprint density at radius 2 is 1.91 bits per heavy atom. The lowest BCUT2D eigenvalue weighted by Gasteiger charge is -2.31. The summed E-state index contributed by atoms with van der Waals surface area (Å²) in [5, 5.41) is 0.